The van der Waals surface area contributed by atoms with Crippen molar-refractivity contribution in [2.75, 3.05) is 11.5 Å². The van der Waals surface area contributed by atoms with Crippen molar-refractivity contribution in [1.82, 2.24) is 15.1 Å². The van der Waals surface area contributed by atoms with Crippen LogP contribution in [0.1, 0.15) is 17.5 Å². The topological polar surface area (TPSA) is 114 Å². The number of nitrogens with one attached hydrogen (secondary N) is 1. The average Bonchev–Trinajstić information content (AvgIpc) is 3.54. The molecule has 4 aromatic rings. The third kappa shape index (κ3) is 6.43. The summed E-state index contributed by atoms with van der Waals surface area (Å²) in [5.41, 5.74) is 3.59. The van der Waals surface area contributed by atoms with Gasteiger partial charge >= 0.3 is 0 Å². The fourth-order valence-electron chi connectivity index (χ4n) is 4.38. The van der Waals surface area contributed by atoms with E-state index in [2.05, 4.69) is 5.32 Å². The van der Waals surface area contributed by atoms with Crippen LogP contribution < -0.4 is 10.1 Å². The number of hydrogen-bond acceptors (Lipinski definition) is 6. The molecule has 9 heteroatoms. The SMILES string of the molecule is N#C/C(=C/c1cn(-c2ccccc2)nc1-c1cccc(OCc2ccccc2)c1)C(=O)NC1CCS(=O)(=O)C1. The lowest BCUT2D eigenvalue weighted by atomic mass is 10.1. The number of carbonyl (C=O) groups is 1. The maximum absolute atomic E-state index is 12.9. The van der Waals surface area contributed by atoms with Gasteiger partial charge < -0.3 is 10.1 Å². The van der Waals surface area contributed by atoms with E-state index >= 15 is 0 Å². The molecule has 1 aromatic heterocycles. The van der Waals surface area contributed by atoms with Gasteiger partial charge in [0.2, 0.25) is 0 Å². The van der Waals surface area contributed by atoms with Gasteiger partial charge in [-0.2, -0.15) is 10.4 Å². The van der Waals surface area contributed by atoms with Crippen molar-refractivity contribution >= 4 is 21.8 Å². The van der Waals surface area contributed by atoms with Crippen molar-refractivity contribution in [3.05, 3.63) is 108 Å². The predicted octanol–water partition coefficient (Wildman–Crippen LogP) is 4.33. The van der Waals surface area contributed by atoms with E-state index in [0.717, 1.165) is 16.8 Å². The third-order valence-electron chi connectivity index (χ3n) is 6.35. The molecule has 1 unspecified atom stereocenters. The summed E-state index contributed by atoms with van der Waals surface area (Å²) < 4.78 is 31.3. The predicted molar refractivity (Wildman–Crippen MR) is 149 cm³/mol. The highest BCUT2D eigenvalue weighted by molar-refractivity contribution is 7.91. The van der Waals surface area contributed by atoms with Gasteiger partial charge in [-0.15, -0.1) is 0 Å². The number of carbonyl (C=O) groups excluding carboxylic acids is 1. The molecular weight excluding hydrogens is 512 g/mol. The molecule has 8 nitrogen and oxygen atoms in total. The quantitative estimate of drug-likeness (QED) is 0.264. The number of benzene rings is 3. The number of para-hydroxylation sites is 1. The molecule has 0 spiro atoms. The van der Waals surface area contributed by atoms with Crippen LogP contribution in [0.25, 0.3) is 23.0 Å². The summed E-state index contributed by atoms with van der Waals surface area (Å²) in [5, 5.41) is 17.3. The first-order valence-corrected chi connectivity index (χ1v) is 14.3. The first-order valence-electron chi connectivity index (χ1n) is 12.5. The van der Waals surface area contributed by atoms with Crippen LogP contribution in [0.2, 0.25) is 0 Å². The summed E-state index contributed by atoms with van der Waals surface area (Å²) in [5.74, 6) is -0.0517. The number of aromatic nitrogens is 2. The Kier molecular flexibility index (Phi) is 7.57. The standard InChI is InChI=1S/C30H26N4O4S/c31-18-24(30(35)32-26-14-15-39(36,37)21-26)16-25-19-34(27-11-5-2-6-12-27)33-29(25)23-10-7-13-28(17-23)38-20-22-8-3-1-4-9-22/h1-13,16-17,19,26H,14-15,20-21H2,(H,32,35)/b24-16-. The van der Waals surface area contributed by atoms with E-state index in [9.17, 15) is 18.5 Å². The van der Waals surface area contributed by atoms with Crippen LogP contribution in [0, 0.1) is 11.3 Å². The van der Waals surface area contributed by atoms with E-state index in [1.54, 1.807) is 10.9 Å². The lowest BCUT2D eigenvalue weighted by Gasteiger charge is -2.10. The van der Waals surface area contributed by atoms with Crippen molar-refractivity contribution in [3.63, 3.8) is 0 Å². The van der Waals surface area contributed by atoms with Gasteiger partial charge in [0, 0.05) is 23.4 Å². The van der Waals surface area contributed by atoms with E-state index in [1.165, 1.54) is 6.08 Å². The highest BCUT2D eigenvalue weighted by atomic mass is 32.2. The Morgan fingerprint density at radius 1 is 1.08 bits per heavy atom. The second kappa shape index (κ2) is 11.4. The van der Waals surface area contributed by atoms with Crippen molar-refractivity contribution in [2.24, 2.45) is 0 Å². The van der Waals surface area contributed by atoms with Crippen LogP contribution in [-0.2, 0) is 21.2 Å². The fraction of sp³-hybridized carbons (Fsp3) is 0.167. The average molecular weight is 539 g/mol. The van der Waals surface area contributed by atoms with Crippen molar-refractivity contribution in [3.8, 4) is 28.8 Å². The minimum absolute atomic E-state index is 0.0280. The summed E-state index contributed by atoms with van der Waals surface area (Å²) in [6, 6.07) is 28.3. The fourth-order valence-corrected chi connectivity index (χ4v) is 6.05. The van der Waals surface area contributed by atoms with Crippen LogP contribution in [0.15, 0.2) is 96.7 Å². The lowest BCUT2D eigenvalue weighted by molar-refractivity contribution is -0.117. The van der Waals surface area contributed by atoms with Gasteiger partial charge in [0.25, 0.3) is 5.91 Å². The first-order chi connectivity index (χ1) is 18.9. The molecule has 1 atom stereocenters. The van der Waals surface area contributed by atoms with Crippen LogP contribution in [0.3, 0.4) is 0 Å². The maximum atomic E-state index is 12.9. The molecular formula is C30H26N4O4S. The Labute approximate surface area is 227 Å². The first kappa shape index (κ1) is 25.9. The third-order valence-corrected chi connectivity index (χ3v) is 8.12. The monoisotopic (exact) mass is 538 g/mol. The summed E-state index contributed by atoms with van der Waals surface area (Å²) in [7, 11) is -3.17. The molecule has 1 N–H and O–H groups in total. The Hall–Kier alpha value is -4.68. The highest BCUT2D eigenvalue weighted by Gasteiger charge is 2.29. The maximum Gasteiger partial charge on any atom is 0.262 e. The number of ether oxygens (including phenoxy) is 1. The zero-order valence-corrected chi connectivity index (χ0v) is 21.8. The van der Waals surface area contributed by atoms with Gasteiger partial charge in [0.15, 0.2) is 9.84 Å². The zero-order chi connectivity index (χ0) is 27.2. The molecule has 2 heterocycles. The van der Waals surface area contributed by atoms with Gasteiger partial charge in [-0.05, 0) is 42.3 Å². The Bertz CT molecular complexity index is 1660. The van der Waals surface area contributed by atoms with E-state index in [4.69, 9.17) is 9.84 Å². The number of hydrogen-bond donors (Lipinski definition) is 1. The van der Waals surface area contributed by atoms with Gasteiger partial charge in [0.05, 0.1) is 17.2 Å². The number of nitriles is 1. The molecule has 0 saturated carbocycles. The smallest absolute Gasteiger partial charge is 0.262 e. The molecule has 3 aromatic carbocycles. The Balaban J connectivity index is 1.47. The van der Waals surface area contributed by atoms with E-state index in [-0.39, 0.29) is 17.1 Å². The van der Waals surface area contributed by atoms with Gasteiger partial charge in [-0.3, -0.25) is 4.79 Å². The van der Waals surface area contributed by atoms with Crippen molar-refractivity contribution < 1.29 is 17.9 Å². The summed E-state index contributed by atoms with van der Waals surface area (Å²) in [6.45, 7) is 0.408. The van der Waals surface area contributed by atoms with Gasteiger partial charge in [0.1, 0.15) is 29.7 Å². The molecule has 0 bridgehead atoms. The molecule has 0 radical (unpaired) electrons. The van der Waals surface area contributed by atoms with Gasteiger partial charge in [-0.1, -0.05) is 60.7 Å². The molecule has 1 aliphatic rings. The minimum Gasteiger partial charge on any atom is -0.489 e. The number of nitrogens with zero attached hydrogens (tertiary/aromatic N) is 3. The van der Waals surface area contributed by atoms with E-state index in [0.29, 0.717) is 30.0 Å². The molecule has 1 amide bonds. The highest BCUT2D eigenvalue weighted by Crippen LogP contribution is 2.29. The van der Waals surface area contributed by atoms with E-state index in [1.807, 2.05) is 91.0 Å². The van der Waals surface area contributed by atoms with E-state index < -0.39 is 21.8 Å². The second-order valence-corrected chi connectivity index (χ2v) is 11.5. The van der Waals surface area contributed by atoms with Crippen LogP contribution in [0.5, 0.6) is 5.75 Å². The summed E-state index contributed by atoms with van der Waals surface area (Å²) in [6.07, 6.45) is 3.57. The number of rotatable bonds is 8. The molecule has 1 fully saturated rings. The Morgan fingerprint density at radius 2 is 1.82 bits per heavy atom. The molecule has 39 heavy (non-hydrogen) atoms. The number of sulfone groups is 1. The number of amides is 1. The molecule has 1 aliphatic heterocycles. The van der Waals surface area contributed by atoms with Gasteiger partial charge in [-0.25, -0.2) is 13.1 Å². The van der Waals surface area contributed by atoms with Crippen molar-refractivity contribution in [1.29, 1.82) is 5.26 Å². The Morgan fingerprint density at radius 3 is 2.51 bits per heavy atom. The van der Waals surface area contributed by atoms with Crippen LogP contribution in [0.4, 0.5) is 0 Å². The summed E-state index contributed by atoms with van der Waals surface area (Å²) in [4.78, 5) is 12.9. The normalized spacial score (nSPS) is 16.4. The molecule has 5 rings (SSSR count). The summed E-state index contributed by atoms with van der Waals surface area (Å²) >= 11 is 0. The van der Waals surface area contributed by atoms with Crippen molar-refractivity contribution in [2.45, 2.75) is 19.1 Å². The molecule has 196 valence electrons. The minimum atomic E-state index is -3.17. The van der Waals surface area contributed by atoms with Crippen LogP contribution >= 0.6 is 0 Å². The largest absolute Gasteiger partial charge is 0.489 e. The second-order valence-electron chi connectivity index (χ2n) is 9.26. The zero-order valence-electron chi connectivity index (χ0n) is 21.0. The molecule has 0 aliphatic carbocycles. The molecule has 1 saturated heterocycles. The lowest BCUT2D eigenvalue weighted by Crippen LogP contribution is -2.36. The van der Waals surface area contributed by atoms with Crippen LogP contribution in [-0.4, -0.2) is 41.7 Å².